The van der Waals surface area contributed by atoms with Crippen molar-refractivity contribution in [1.82, 2.24) is 9.80 Å². The van der Waals surface area contributed by atoms with Gasteiger partial charge in [-0.15, -0.1) is 0 Å². The van der Waals surface area contributed by atoms with Crippen molar-refractivity contribution in [3.8, 4) is 0 Å². The Bertz CT molecular complexity index is 198. The van der Waals surface area contributed by atoms with E-state index in [0.29, 0.717) is 6.17 Å². The van der Waals surface area contributed by atoms with E-state index in [-0.39, 0.29) is 0 Å². The minimum Gasteiger partial charge on any atom is -0.356 e. The zero-order valence-corrected chi connectivity index (χ0v) is 8.08. The van der Waals surface area contributed by atoms with E-state index in [1.54, 1.807) is 0 Å². The predicted molar refractivity (Wildman–Crippen MR) is 50.5 cm³/mol. The molecule has 0 N–H and O–H groups in total. The van der Waals surface area contributed by atoms with Gasteiger partial charge in [0.05, 0.1) is 0 Å². The summed E-state index contributed by atoms with van der Waals surface area (Å²) in [5.41, 5.74) is 1.50. The van der Waals surface area contributed by atoms with E-state index in [4.69, 9.17) is 0 Å². The van der Waals surface area contributed by atoms with Crippen LogP contribution in [0.25, 0.3) is 0 Å². The fourth-order valence-electron chi connectivity index (χ4n) is 2.32. The van der Waals surface area contributed by atoms with Crippen LogP contribution in [0.2, 0.25) is 0 Å². The molecule has 0 saturated carbocycles. The molecule has 0 bridgehead atoms. The lowest BCUT2D eigenvalue weighted by Crippen LogP contribution is -2.40. The molecule has 0 aromatic rings. The summed E-state index contributed by atoms with van der Waals surface area (Å²) in [7, 11) is 2.23. The van der Waals surface area contributed by atoms with Crippen molar-refractivity contribution in [3.63, 3.8) is 0 Å². The van der Waals surface area contributed by atoms with Crippen molar-refractivity contribution >= 4 is 0 Å². The SMILES string of the molecule is CCC1=CN2CCCCC2N1C. The summed E-state index contributed by atoms with van der Waals surface area (Å²) < 4.78 is 0. The number of nitrogens with zero attached hydrogens (tertiary/aromatic N) is 2. The molecule has 0 aromatic carbocycles. The molecule has 12 heavy (non-hydrogen) atoms. The fourth-order valence-corrected chi connectivity index (χ4v) is 2.32. The van der Waals surface area contributed by atoms with Gasteiger partial charge in [-0.1, -0.05) is 6.92 Å². The highest BCUT2D eigenvalue weighted by Gasteiger charge is 2.29. The molecule has 2 nitrogen and oxygen atoms in total. The van der Waals surface area contributed by atoms with Gasteiger partial charge >= 0.3 is 0 Å². The minimum atomic E-state index is 0.689. The van der Waals surface area contributed by atoms with Crippen LogP contribution in [-0.2, 0) is 0 Å². The monoisotopic (exact) mass is 166 g/mol. The molecule has 0 radical (unpaired) electrons. The van der Waals surface area contributed by atoms with E-state index >= 15 is 0 Å². The third-order valence-corrected chi connectivity index (χ3v) is 3.09. The van der Waals surface area contributed by atoms with Crippen molar-refractivity contribution in [3.05, 3.63) is 11.9 Å². The quantitative estimate of drug-likeness (QED) is 0.588. The predicted octanol–water partition coefficient (Wildman–Crippen LogP) is 2.00. The Kier molecular flexibility index (Phi) is 1.99. The largest absolute Gasteiger partial charge is 0.356 e. The van der Waals surface area contributed by atoms with Gasteiger partial charge in [-0.25, -0.2) is 0 Å². The Labute approximate surface area is 74.8 Å². The lowest BCUT2D eigenvalue weighted by Gasteiger charge is -2.35. The van der Waals surface area contributed by atoms with Crippen LogP contribution in [0.15, 0.2) is 11.9 Å². The van der Waals surface area contributed by atoms with Crippen molar-refractivity contribution in [1.29, 1.82) is 0 Å². The first-order valence-corrected chi connectivity index (χ1v) is 5.02. The van der Waals surface area contributed by atoms with E-state index in [1.165, 1.54) is 37.9 Å². The van der Waals surface area contributed by atoms with Crippen LogP contribution in [0.4, 0.5) is 0 Å². The van der Waals surface area contributed by atoms with Crippen LogP contribution < -0.4 is 0 Å². The van der Waals surface area contributed by atoms with Crippen LogP contribution in [0, 0.1) is 0 Å². The van der Waals surface area contributed by atoms with E-state index in [9.17, 15) is 0 Å². The molecule has 1 fully saturated rings. The first-order valence-electron chi connectivity index (χ1n) is 5.02. The van der Waals surface area contributed by atoms with Gasteiger partial charge in [0.1, 0.15) is 6.17 Å². The highest BCUT2D eigenvalue weighted by atomic mass is 15.4. The van der Waals surface area contributed by atoms with Crippen LogP contribution >= 0.6 is 0 Å². The van der Waals surface area contributed by atoms with Crippen LogP contribution in [-0.4, -0.2) is 29.6 Å². The topological polar surface area (TPSA) is 6.48 Å². The Hall–Kier alpha value is -0.660. The molecule has 1 saturated heterocycles. The molecule has 0 amide bonds. The Morgan fingerprint density at radius 2 is 2.33 bits per heavy atom. The van der Waals surface area contributed by atoms with Crippen LogP contribution in [0.5, 0.6) is 0 Å². The van der Waals surface area contributed by atoms with Gasteiger partial charge in [-0.05, 0) is 25.7 Å². The number of fused-ring (bicyclic) bond motifs is 1. The van der Waals surface area contributed by atoms with E-state index in [2.05, 4.69) is 30.0 Å². The molecule has 1 atom stereocenters. The van der Waals surface area contributed by atoms with Gasteiger partial charge in [-0.2, -0.15) is 0 Å². The minimum absolute atomic E-state index is 0.689. The van der Waals surface area contributed by atoms with Crippen molar-refractivity contribution in [2.24, 2.45) is 0 Å². The second kappa shape index (κ2) is 3.00. The van der Waals surface area contributed by atoms with E-state index in [0.717, 1.165) is 0 Å². The molecule has 2 aliphatic rings. The Morgan fingerprint density at radius 1 is 1.50 bits per heavy atom. The lowest BCUT2D eigenvalue weighted by molar-refractivity contribution is 0.125. The second-order valence-electron chi connectivity index (χ2n) is 3.80. The summed E-state index contributed by atoms with van der Waals surface area (Å²) in [6.07, 6.45) is 8.33. The summed E-state index contributed by atoms with van der Waals surface area (Å²) in [5.74, 6) is 0. The summed E-state index contributed by atoms with van der Waals surface area (Å²) in [6, 6.07) is 0. The molecule has 2 aliphatic heterocycles. The van der Waals surface area contributed by atoms with Gasteiger partial charge in [0, 0.05) is 25.5 Å². The number of allylic oxidation sites excluding steroid dienone is 1. The number of hydrogen-bond donors (Lipinski definition) is 0. The molecule has 0 aromatic heterocycles. The van der Waals surface area contributed by atoms with Crippen LogP contribution in [0.3, 0.4) is 0 Å². The average Bonchev–Trinajstić information content (AvgIpc) is 2.44. The maximum Gasteiger partial charge on any atom is 0.101 e. The zero-order chi connectivity index (χ0) is 8.55. The van der Waals surface area contributed by atoms with Crippen molar-refractivity contribution in [2.45, 2.75) is 38.8 Å². The third-order valence-electron chi connectivity index (χ3n) is 3.09. The van der Waals surface area contributed by atoms with Gasteiger partial charge in [0.2, 0.25) is 0 Å². The van der Waals surface area contributed by atoms with Gasteiger partial charge in [0.15, 0.2) is 0 Å². The fraction of sp³-hybridized carbons (Fsp3) is 0.800. The molecule has 2 heterocycles. The van der Waals surface area contributed by atoms with Crippen LogP contribution in [0.1, 0.15) is 32.6 Å². The molecule has 1 unspecified atom stereocenters. The Balaban J connectivity index is 2.11. The Morgan fingerprint density at radius 3 is 3.00 bits per heavy atom. The van der Waals surface area contributed by atoms with Crippen molar-refractivity contribution in [2.75, 3.05) is 13.6 Å². The van der Waals surface area contributed by atoms with Gasteiger partial charge in [0.25, 0.3) is 0 Å². The second-order valence-corrected chi connectivity index (χ2v) is 3.80. The molecule has 2 heteroatoms. The number of hydrogen-bond acceptors (Lipinski definition) is 2. The van der Waals surface area contributed by atoms with E-state index < -0.39 is 0 Å². The third kappa shape index (κ3) is 1.10. The zero-order valence-electron chi connectivity index (χ0n) is 8.08. The summed E-state index contributed by atoms with van der Waals surface area (Å²) in [6.45, 7) is 3.50. The summed E-state index contributed by atoms with van der Waals surface area (Å²) >= 11 is 0. The number of piperidine rings is 1. The maximum absolute atomic E-state index is 2.50. The summed E-state index contributed by atoms with van der Waals surface area (Å²) in [4.78, 5) is 4.95. The highest BCUT2D eigenvalue weighted by molar-refractivity contribution is 5.09. The maximum atomic E-state index is 2.50. The van der Waals surface area contributed by atoms with Gasteiger partial charge in [-0.3, -0.25) is 0 Å². The number of rotatable bonds is 1. The average molecular weight is 166 g/mol. The van der Waals surface area contributed by atoms with E-state index in [1.807, 2.05) is 0 Å². The molecule has 0 spiro atoms. The smallest absolute Gasteiger partial charge is 0.101 e. The molecular formula is C10H18N2. The van der Waals surface area contributed by atoms with Gasteiger partial charge < -0.3 is 9.80 Å². The molecule has 68 valence electrons. The standard InChI is InChI=1S/C10H18N2/c1-3-9-8-12-7-5-4-6-10(12)11(9)2/h8,10H,3-7H2,1-2H3. The first-order chi connectivity index (χ1) is 5.83. The summed E-state index contributed by atoms with van der Waals surface area (Å²) in [5, 5.41) is 0. The lowest BCUT2D eigenvalue weighted by atomic mass is 10.1. The molecule has 0 aliphatic carbocycles. The van der Waals surface area contributed by atoms with Crippen molar-refractivity contribution < 1.29 is 0 Å². The first kappa shape index (κ1) is 7.96. The normalized spacial score (nSPS) is 28.8. The highest BCUT2D eigenvalue weighted by Crippen LogP contribution is 2.29. The molecular weight excluding hydrogens is 148 g/mol. The molecule has 2 rings (SSSR count).